The number of carbonyl (C=O) groups is 1. The SMILES string of the molecule is O=C(Cn1nnc2ccccc21)N/N=C\c1cccc2ccccc12. The van der Waals surface area contributed by atoms with Gasteiger partial charge in [-0.1, -0.05) is 59.8 Å². The highest BCUT2D eigenvalue weighted by atomic mass is 16.2. The van der Waals surface area contributed by atoms with Gasteiger partial charge >= 0.3 is 0 Å². The summed E-state index contributed by atoms with van der Waals surface area (Å²) in [6.45, 7) is 0.0629. The van der Waals surface area contributed by atoms with Gasteiger partial charge in [-0.05, 0) is 22.9 Å². The van der Waals surface area contributed by atoms with Crippen LogP contribution in [0.15, 0.2) is 71.8 Å². The highest BCUT2D eigenvalue weighted by molar-refractivity contribution is 5.99. The number of amides is 1. The van der Waals surface area contributed by atoms with Crippen LogP contribution in [0.1, 0.15) is 5.56 Å². The second-order valence-corrected chi connectivity index (χ2v) is 5.60. The van der Waals surface area contributed by atoms with E-state index in [2.05, 4.69) is 20.8 Å². The van der Waals surface area contributed by atoms with Crippen molar-refractivity contribution >= 4 is 33.9 Å². The van der Waals surface area contributed by atoms with Gasteiger partial charge < -0.3 is 0 Å². The molecule has 25 heavy (non-hydrogen) atoms. The molecule has 0 aliphatic carbocycles. The van der Waals surface area contributed by atoms with Crippen LogP contribution in [0, 0.1) is 0 Å². The van der Waals surface area contributed by atoms with Gasteiger partial charge in [0.1, 0.15) is 12.1 Å². The van der Waals surface area contributed by atoms with Crippen LogP contribution in [-0.2, 0) is 11.3 Å². The molecule has 4 aromatic rings. The van der Waals surface area contributed by atoms with Crippen LogP contribution in [0.5, 0.6) is 0 Å². The van der Waals surface area contributed by atoms with Crippen molar-refractivity contribution in [3.05, 3.63) is 72.3 Å². The topological polar surface area (TPSA) is 72.2 Å². The largest absolute Gasteiger partial charge is 0.271 e. The van der Waals surface area contributed by atoms with Crippen molar-refractivity contribution in [2.45, 2.75) is 6.54 Å². The fourth-order valence-electron chi connectivity index (χ4n) is 2.74. The minimum Gasteiger partial charge on any atom is -0.271 e. The molecule has 0 atom stereocenters. The average Bonchev–Trinajstić information content (AvgIpc) is 3.05. The quantitative estimate of drug-likeness (QED) is 0.462. The minimum absolute atomic E-state index is 0.0629. The van der Waals surface area contributed by atoms with Crippen molar-refractivity contribution < 1.29 is 4.79 Å². The van der Waals surface area contributed by atoms with Crippen molar-refractivity contribution in [1.82, 2.24) is 20.4 Å². The molecule has 0 spiro atoms. The molecule has 0 aliphatic heterocycles. The fourth-order valence-corrected chi connectivity index (χ4v) is 2.74. The maximum atomic E-state index is 12.1. The first-order valence-corrected chi connectivity index (χ1v) is 7.89. The van der Waals surface area contributed by atoms with E-state index >= 15 is 0 Å². The van der Waals surface area contributed by atoms with Gasteiger partial charge in [-0.2, -0.15) is 5.10 Å². The standard InChI is InChI=1S/C19H15N5O/c25-19(13-24-18-11-4-3-10-17(18)21-23-24)22-20-12-15-8-5-7-14-6-1-2-9-16(14)15/h1-12H,13H2,(H,22,25)/b20-12-. The predicted molar refractivity (Wildman–Crippen MR) is 97.2 cm³/mol. The Balaban J connectivity index is 1.47. The molecule has 3 aromatic carbocycles. The van der Waals surface area contributed by atoms with E-state index in [1.165, 1.54) is 0 Å². The normalized spacial score (nSPS) is 11.4. The molecule has 4 rings (SSSR count). The predicted octanol–water partition coefficient (Wildman–Crippen LogP) is 2.73. The Kier molecular flexibility index (Phi) is 3.92. The zero-order valence-corrected chi connectivity index (χ0v) is 13.3. The van der Waals surface area contributed by atoms with Gasteiger partial charge in [0.25, 0.3) is 5.91 Å². The van der Waals surface area contributed by atoms with Gasteiger partial charge in [0.15, 0.2) is 0 Å². The second kappa shape index (κ2) is 6.52. The first kappa shape index (κ1) is 15.0. The van der Waals surface area contributed by atoms with Crippen LogP contribution in [-0.4, -0.2) is 27.1 Å². The maximum Gasteiger partial charge on any atom is 0.261 e. The van der Waals surface area contributed by atoms with E-state index in [4.69, 9.17) is 0 Å². The molecule has 1 N–H and O–H groups in total. The number of para-hydroxylation sites is 1. The summed E-state index contributed by atoms with van der Waals surface area (Å²) in [5.74, 6) is -0.257. The highest BCUT2D eigenvalue weighted by Crippen LogP contribution is 2.16. The van der Waals surface area contributed by atoms with Gasteiger partial charge in [-0.15, -0.1) is 5.10 Å². The minimum atomic E-state index is -0.257. The third kappa shape index (κ3) is 3.10. The van der Waals surface area contributed by atoms with Gasteiger partial charge in [0, 0.05) is 5.56 Å². The third-order valence-electron chi connectivity index (χ3n) is 3.93. The van der Waals surface area contributed by atoms with Gasteiger partial charge in [-0.3, -0.25) is 4.79 Å². The zero-order valence-electron chi connectivity index (χ0n) is 13.3. The maximum absolute atomic E-state index is 12.1. The van der Waals surface area contributed by atoms with Crippen LogP contribution in [0.4, 0.5) is 0 Å². The summed E-state index contributed by atoms with van der Waals surface area (Å²) in [4.78, 5) is 12.1. The number of nitrogens with one attached hydrogen (secondary N) is 1. The van der Waals surface area contributed by atoms with Crippen molar-refractivity contribution in [3.8, 4) is 0 Å². The molecule has 0 saturated heterocycles. The fraction of sp³-hybridized carbons (Fsp3) is 0.0526. The number of nitrogens with zero attached hydrogens (tertiary/aromatic N) is 4. The summed E-state index contributed by atoms with van der Waals surface area (Å²) < 4.78 is 1.55. The van der Waals surface area contributed by atoms with Crippen LogP contribution >= 0.6 is 0 Å². The van der Waals surface area contributed by atoms with Crippen molar-refractivity contribution in [2.75, 3.05) is 0 Å². The zero-order chi connectivity index (χ0) is 17.1. The number of hydrazone groups is 1. The lowest BCUT2D eigenvalue weighted by atomic mass is 10.1. The second-order valence-electron chi connectivity index (χ2n) is 5.60. The molecule has 122 valence electrons. The van der Waals surface area contributed by atoms with Crippen molar-refractivity contribution in [2.24, 2.45) is 5.10 Å². The molecule has 0 aliphatic rings. The molecule has 0 bridgehead atoms. The summed E-state index contributed by atoms with van der Waals surface area (Å²) in [6.07, 6.45) is 1.65. The molecule has 1 amide bonds. The third-order valence-corrected chi connectivity index (χ3v) is 3.93. The van der Waals surface area contributed by atoms with E-state index in [0.717, 1.165) is 27.4 Å². The smallest absolute Gasteiger partial charge is 0.261 e. The number of hydrogen-bond donors (Lipinski definition) is 1. The van der Waals surface area contributed by atoms with E-state index < -0.39 is 0 Å². The lowest BCUT2D eigenvalue weighted by molar-refractivity contribution is -0.121. The van der Waals surface area contributed by atoms with Gasteiger partial charge in [0.05, 0.1) is 11.7 Å². The molecular formula is C19H15N5O. The number of aromatic nitrogens is 3. The number of rotatable bonds is 4. The van der Waals surface area contributed by atoms with E-state index in [0.29, 0.717) is 0 Å². The Morgan fingerprint density at radius 1 is 1.04 bits per heavy atom. The summed E-state index contributed by atoms with van der Waals surface area (Å²) >= 11 is 0. The molecule has 0 saturated carbocycles. The van der Waals surface area contributed by atoms with Crippen LogP contribution in [0.2, 0.25) is 0 Å². The molecule has 6 nitrogen and oxygen atoms in total. The number of carbonyl (C=O) groups excluding carboxylic acids is 1. The van der Waals surface area contributed by atoms with E-state index in [-0.39, 0.29) is 12.5 Å². The van der Waals surface area contributed by atoms with Crippen molar-refractivity contribution in [1.29, 1.82) is 0 Å². The van der Waals surface area contributed by atoms with E-state index in [1.807, 2.05) is 66.7 Å². The molecule has 6 heteroatoms. The average molecular weight is 329 g/mol. The number of benzene rings is 3. The molecule has 0 unspecified atom stereocenters. The van der Waals surface area contributed by atoms with Gasteiger partial charge in [-0.25, -0.2) is 10.1 Å². The first-order valence-electron chi connectivity index (χ1n) is 7.89. The van der Waals surface area contributed by atoms with E-state index in [9.17, 15) is 4.79 Å². The molecule has 1 heterocycles. The Bertz CT molecular complexity index is 1080. The number of fused-ring (bicyclic) bond motifs is 2. The molecule has 0 fully saturated rings. The van der Waals surface area contributed by atoms with E-state index in [1.54, 1.807) is 10.9 Å². The summed E-state index contributed by atoms with van der Waals surface area (Å²) in [7, 11) is 0. The number of hydrogen-bond acceptors (Lipinski definition) is 4. The van der Waals surface area contributed by atoms with Crippen LogP contribution < -0.4 is 5.43 Å². The van der Waals surface area contributed by atoms with Crippen molar-refractivity contribution in [3.63, 3.8) is 0 Å². The molecule has 0 radical (unpaired) electrons. The summed E-state index contributed by atoms with van der Waals surface area (Å²) in [6, 6.07) is 21.5. The summed E-state index contributed by atoms with van der Waals surface area (Å²) in [5.41, 5.74) is 5.06. The van der Waals surface area contributed by atoms with Crippen LogP contribution in [0.25, 0.3) is 21.8 Å². The summed E-state index contributed by atoms with van der Waals surface area (Å²) in [5, 5.41) is 14.3. The Morgan fingerprint density at radius 2 is 1.84 bits per heavy atom. The lowest BCUT2D eigenvalue weighted by Crippen LogP contribution is -2.23. The Labute approximate surface area is 143 Å². The molecule has 1 aromatic heterocycles. The Morgan fingerprint density at radius 3 is 2.80 bits per heavy atom. The lowest BCUT2D eigenvalue weighted by Gasteiger charge is -2.03. The van der Waals surface area contributed by atoms with Crippen LogP contribution in [0.3, 0.4) is 0 Å². The molecular weight excluding hydrogens is 314 g/mol. The highest BCUT2D eigenvalue weighted by Gasteiger charge is 2.07. The van der Waals surface area contributed by atoms with Gasteiger partial charge in [0.2, 0.25) is 0 Å². The Hall–Kier alpha value is -3.54. The monoisotopic (exact) mass is 329 g/mol. The first-order chi connectivity index (χ1) is 12.3.